The molecule has 0 aliphatic heterocycles. The molecule has 0 saturated carbocycles. The largest absolute Gasteiger partial charge is 0.493 e. The number of aromatic nitrogens is 1. The van der Waals surface area contributed by atoms with E-state index >= 15 is 0 Å². The summed E-state index contributed by atoms with van der Waals surface area (Å²) in [6, 6.07) is 14.6. The zero-order valence-electron chi connectivity index (χ0n) is 19.9. The third-order valence-electron chi connectivity index (χ3n) is 5.16. The molecule has 4 rings (SSSR count). The van der Waals surface area contributed by atoms with Crippen LogP contribution < -0.4 is 14.8 Å². The van der Waals surface area contributed by atoms with Crippen LogP contribution in [-0.4, -0.2) is 32.2 Å². The highest BCUT2D eigenvalue weighted by Crippen LogP contribution is 2.31. The number of fused-ring (bicyclic) bond motifs is 1. The molecule has 7 nitrogen and oxygen atoms in total. The van der Waals surface area contributed by atoms with E-state index in [0.29, 0.717) is 40.2 Å². The summed E-state index contributed by atoms with van der Waals surface area (Å²) in [5.41, 5.74) is 2.11. The molecule has 1 amide bonds. The number of carbonyl (C=O) groups excluding carboxylic acids is 1. The SMILES string of the molecule is CC(C)COc1cc(NC(=O)c2cc3ccc(NS(C)(=O)=O)cc3[nH]2)cc(-c2ccc(F)cc2F)c1. The van der Waals surface area contributed by atoms with E-state index in [9.17, 15) is 22.0 Å². The smallest absolute Gasteiger partial charge is 0.272 e. The number of amides is 1. The van der Waals surface area contributed by atoms with Crippen molar-refractivity contribution < 1.29 is 26.7 Å². The van der Waals surface area contributed by atoms with Crippen molar-refractivity contribution in [2.45, 2.75) is 13.8 Å². The molecule has 188 valence electrons. The van der Waals surface area contributed by atoms with E-state index in [2.05, 4.69) is 15.0 Å². The summed E-state index contributed by atoms with van der Waals surface area (Å²) in [4.78, 5) is 16.0. The molecule has 3 N–H and O–H groups in total. The van der Waals surface area contributed by atoms with Gasteiger partial charge in [-0.25, -0.2) is 17.2 Å². The predicted octanol–water partition coefficient (Wildman–Crippen LogP) is 5.77. The normalized spacial score (nSPS) is 11.6. The maximum Gasteiger partial charge on any atom is 0.272 e. The second kappa shape index (κ2) is 9.98. The fourth-order valence-electron chi connectivity index (χ4n) is 3.62. The number of aromatic amines is 1. The van der Waals surface area contributed by atoms with Crippen LogP contribution in [0.2, 0.25) is 0 Å². The monoisotopic (exact) mass is 513 g/mol. The zero-order valence-corrected chi connectivity index (χ0v) is 20.7. The first-order valence-electron chi connectivity index (χ1n) is 11.1. The fraction of sp³-hybridized carbons (Fsp3) is 0.192. The van der Waals surface area contributed by atoms with Gasteiger partial charge in [0.05, 0.1) is 18.6 Å². The zero-order chi connectivity index (χ0) is 26.0. The van der Waals surface area contributed by atoms with Crippen LogP contribution in [0.4, 0.5) is 20.2 Å². The topological polar surface area (TPSA) is 100 Å². The first-order chi connectivity index (χ1) is 17.0. The highest BCUT2D eigenvalue weighted by molar-refractivity contribution is 7.92. The summed E-state index contributed by atoms with van der Waals surface area (Å²) in [6.07, 6.45) is 1.05. The molecular weight excluding hydrogens is 488 g/mol. The number of anilines is 2. The summed E-state index contributed by atoms with van der Waals surface area (Å²) >= 11 is 0. The summed E-state index contributed by atoms with van der Waals surface area (Å²) in [5, 5.41) is 3.49. The van der Waals surface area contributed by atoms with Gasteiger partial charge >= 0.3 is 0 Å². The molecular formula is C26H25F2N3O4S. The van der Waals surface area contributed by atoms with Gasteiger partial charge in [0.25, 0.3) is 5.91 Å². The summed E-state index contributed by atoms with van der Waals surface area (Å²) in [6.45, 7) is 4.38. The molecule has 0 saturated heterocycles. The van der Waals surface area contributed by atoms with Gasteiger partial charge in [-0.1, -0.05) is 19.9 Å². The Morgan fingerprint density at radius 1 is 1.00 bits per heavy atom. The van der Waals surface area contributed by atoms with Gasteiger partial charge in [-0.2, -0.15) is 0 Å². The van der Waals surface area contributed by atoms with Crippen LogP contribution in [-0.2, 0) is 10.0 Å². The first kappa shape index (κ1) is 25.2. The van der Waals surface area contributed by atoms with E-state index < -0.39 is 27.6 Å². The Hall–Kier alpha value is -3.92. The number of hydrogen-bond acceptors (Lipinski definition) is 4. The molecule has 0 atom stereocenters. The summed E-state index contributed by atoms with van der Waals surface area (Å²) in [5.74, 6) is -1.22. The average Bonchev–Trinajstić information content (AvgIpc) is 3.20. The van der Waals surface area contributed by atoms with Crippen molar-refractivity contribution >= 4 is 38.2 Å². The molecule has 0 unspecified atom stereocenters. The Kier molecular flexibility index (Phi) is 6.98. The van der Waals surface area contributed by atoms with Crippen LogP contribution in [0.15, 0.2) is 60.7 Å². The van der Waals surface area contributed by atoms with E-state index in [0.717, 1.165) is 18.4 Å². The highest BCUT2D eigenvalue weighted by atomic mass is 32.2. The van der Waals surface area contributed by atoms with E-state index in [4.69, 9.17) is 4.74 Å². The lowest BCUT2D eigenvalue weighted by molar-refractivity contribution is 0.102. The van der Waals surface area contributed by atoms with Gasteiger partial charge in [0, 0.05) is 34.3 Å². The summed E-state index contributed by atoms with van der Waals surface area (Å²) in [7, 11) is -3.45. The number of benzene rings is 3. The lowest BCUT2D eigenvalue weighted by Crippen LogP contribution is -2.13. The van der Waals surface area contributed by atoms with Crippen molar-refractivity contribution in [3.8, 4) is 16.9 Å². The predicted molar refractivity (Wildman–Crippen MR) is 137 cm³/mol. The molecule has 4 aromatic rings. The van der Waals surface area contributed by atoms with Gasteiger partial charge in [0.15, 0.2) is 0 Å². The van der Waals surface area contributed by atoms with Crippen LogP contribution in [0.1, 0.15) is 24.3 Å². The van der Waals surface area contributed by atoms with Gasteiger partial charge < -0.3 is 15.0 Å². The Morgan fingerprint density at radius 3 is 2.47 bits per heavy atom. The number of rotatable bonds is 8. The number of ether oxygens (including phenoxy) is 1. The number of H-pyrrole nitrogens is 1. The van der Waals surface area contributed by atoms with E-state index in [-0.39, 0.29) is 17.2 Å². The maximum atomic E-state index is 14.5. The molecule has 1 heterocycles. The van der Waals surface area contributed by atoms with Crippen molar-refractivity contribution in [1.29, 1.82) is 0 Å². The van der Waals surface area contributed by atoms with Crippen LogP contribution in [0.3, 0.4) is 0 Å². The summed E-state index contributed by atoms with van der Waals surface area (Å²) < 4.78 is 59.1. The van der Waals surface area contributed by atoms with Crippen LogP contribution >= 0.6 is 0 Å². The van der Waals surface area contributed by atoms with Crippen molar-refractivity contribution in [2.24, 2.45) is 5.92 Å². The lowest BCUT2D eigenvalue weighted by atomic mass is 10.0. The van der Waals surface area contributed by atoms with Gasteiger partial charge in [0.2, 0.25) is 10.0 Å². The minimum atomic E-state index is -3.45. The second-order valence-corrected chi connectivity index (χ2v) is 10.6. The third-order valence-corrected chi connectivity index (χ3v) is 5.77. The number of nitrogens with one attached hydrogen (secondary N) is 3. The van der Waals surface area contributed by atoms with Crippen molar-refractivity contribution in [3.05, 3.63) is 78.0 Å². The number of halogens is 2. The molecule has 1 aromatic heterocycles. The molecule has 0 spiro atoms. The van der Waals surface area contributed by atoms with Gasteiger partial charge in [-0.05, 0) is 53.9 Å². The van der Waals surface area contributed by atoms with Crippen LogP contribution in [0.5, 0.6) is 5.75 Å². The number of sulfonamides is 1. The Balaban J connectivity index is 1.64. The average molecular weight is 514 g/mol. The first-order valence-corrected chi connectivity index (χ1v) is 13.0. The maximum absolute atomic E-state index is 14.5. The molecule has 0 radical (unpaired) electrons. The van der Waals surface area contributed by atoms with Crippen LogP contribution in [0.25, 0.3) is 22.0 Å². The van der Waals surface area contributed by atoms with Crippen molar-refractivity contribution in [1.82, 2.24) is 4.98 Å². The second-order valence-electron chi connectivity index (χ2n) is 8.89. The quantitative estimate of drug-likeness (QED) is 0.278. The molecule has 0 aliphatic carbocycles. The highest BCUT2D eigenvalue weighted by Gasteiger charge is 2.15. The fourth-order valence-corrected chi connectivity index (χ4v) is 4.18. The standard InChI is InChI=1S/C26H25F2N3O4S/c1-15(2)14-35-21-9-17(22-7-5-18(27)11-23(22)28)8-20(12-21)29-26(32)25-10-16-4-6-19(13-24(16)30-25)31-36(3,33)34/h4-13,15,30-31H,14H2,1-3H3,(H,29,32). The minimum absolute atomic E-state index is 0.165. The number of carbonyl (C=O) groups is 1. The van der Waals surface area contributed by atoms with E-state index in [1.165, 1.54) is 6.07 Å². The molecule has 10 heteroatoms. The molecule has 0 aliphatic rings. The van der Waals surface area contributed by atoms with Crippen LogP contribution in [0, 0.1) is 17.6 Å². The van der Waals surface area contributed by atoms with Gasteiger partial charge in [-0.3, -0.25) is 9.52 Å². The molecule has 0 fully saturated rings. The Labute approximate surface area is 207 Å². The minimum Gasteiger partial charge on any atom is -0.493 e. The lowest BCUT2D eigenvalue weighted by Gasteiger charge is -2.14. The molecule has 0 bridgehead atoms. The Morgan fingerprint density at radius 2 is 1.78 bits per heavy atom. The van der Waals surface area contributed by atoms with Gasteiger partial charge in [0.1, 0.15) is 23.1 Å². The Bertz CT molecular complexity index is 1550. The number of hydrogen-bond donors (Lipinski definition) is 3. The third kappa shape index (κ3) is 6.19. The van der Waals surface area contributed by atoms with E-state index in [1.807, 2.05) is 13.8 Å². The molecule has 3 aromatic carbocycles. The van der Waals surface area contributed by atoms with E-state index in [1.54, 1.807) is 42.5 Å². The molecule has 36 heavy (non-hydrogen) atoms. The van der Waals surface area contributed by atoms with Crippen molar-refractivity contribution in [2.75, 3.05) is 22.9 Å². The van der Waals surface area contributed by atoms with Crippen molar-refractivity contribution in [3.63, 3.8) is 0 Å². The van der Waals surface area contributed by atoms with Gasteiger partial charge in [-0.15, -0.1) is 0 Å².